The molecule has 0 spiro atoms. The third kappa shape index (κ3) is 4.82. The third-order valence-corrected chi connectivity index (χ3v) is 4.74. The molecule has 0 saturated heterocycles. The number of nitrogens with zero attached hydrogens (tertiary/aromatic N) is 2. The van der Waals surface area contributed by atoms with E-state index in [4.69, 9.17) is 9.47 Å². The zero-order chi connectivity index (χ0) is 20.1. The molecule has 0 amide bonds. The van der Waals surface area contributed by atoms with Crippen LogP contribution in [0, 0.1) is 0 Å². The van der Waals surface area contributed by atoms with E-state index in [-0.39, 0.29) is 6.61 Å². The Kier molecular flexibility index (Phi) is 6.54. The number of aromatic nitrogens is 2. The van der Waals surface area contributed by atoms with Crippen molar-refractivity contribution in [2.24, 2.45) is 0 Å². The number of hydrogen-bond acceptors (Lipinski definition) is 5. The standard InChI is InChI=1S/C22H29N3O3/c1-15(2)21-20(19-6-5-11-23-22(19)24-21)13-25(3)12-16(26)14-28-18-9-7-17(27-4)8-10-18/h5-11,15-16,26H,12-14H2,1-4H3,(H,23,24). The Balaban J connectivity index is 1.59. The fourth-order valence-electron chi connectivity index (χ4n) is 3.37. The Labute approximate surface area is 166 Å². The molecule has 150 valence electrons. The van der Waals surface area contributed by atoms with Crippen molar-refractivity contribution in [2.75, 3.05) is 27.3 Å². The molecule has 3 rings (SSSR count). The fourth-order valence-corrected chi connectivity index (χ4v) is 3.37. The molecule has 2 N–H and O–H groups in total. The van der Waals surface area contributed by atoms with Gasteiger partial charge in [0.15, 0.2) is 0 Å². The fraction of sp³-hybridized carbons (Fsp3) is 0.409. The van der Waals surface area contributed by atoms with Crippen molar-refractivity contribution in [3.8, 4) is 11.5 Å². The summed E-state index contributed by atoms with van der Waals surface area (Å²) in [6.45, 7) is 5.83. The van der Waals surface area contributed by atoms with Crippen LogP contribution >= 0.6 is 0 Å². The van der Waals surface area contributed by atoms with E-state index in [9.17, 15) is 5.11 Å². The third-order valence-electron chi connectivity index (χ3n) is 4.74. The van der Waals surface area contributed by atoms with Crippen molar-refractivity contribution >= 4 is 11.0 Å². The lowest BCUT2D eigenvalue weighted by molar-refractivity contribution is 0.0744. The number of hydrogen-bond donors (Lipinski definition) is 2. The van der Waals surface area contributed by atoms with Crippen LogP contribution in [0.1, 0.15) is 31.0 Å². The number of aliphatic hydroxyl groups is 1. The van der Waals surface area contributed by atoms with Crippen LogP contribution in [-0.2, 0) is 6.54 Å². The van der Waals surface area contributed by atoms with Gasteiger partial charge in [-0.15, -0.1) is 0 Å². The van der Waals surface area contributed by atoms with Crippen LogP contribution in [0.4, 0.5) is 0 Å². The molecule has 0 saturated carbocycles. The van der Waals surface area contributed by atoms with Crippen molar-refractivity contribution in [3.05, 3.63) is 53.9 Å². The Morgan fingerprint density at radius 1 is 1.14 bits per heavy atom. The first kappa shape index (κ1) is 20.2. The first-order chi connectivity index (χ1) is 13.5. The number of pyridine rings is 1. The highest BCUT2D eigenvalue weighted by Crippen LogP contribution is 2.27. The van der Waals surface area contributed by atoms with E-state index in [1.165, 1.54) is 11.3 Å². The highest BCUT2D eigenvalue weighted by Gasteiger charge is 2.17. The van der Waals surface area contributed by atoms with Gasteiger partial charge in [0.2, 0.25) is 0 Å². The second kappa shape index (κ2) is 9.08. The van der Waals surface area contributed by atoms with Gasteiger partial charge in [0.1, 0.15) is 29.9 Å². The molecule has 1 unspecified atom stereocenters. The van der Waals surface area contributed by atoms with Gasteiger partial charge in [0.05, 0.1) is 7.11 Å². The van der Waals surface area contributed by atoms with Gasteiger partial charge in [-0.1, -0.05) is 13.8 Å². The predicted octanol–water partition coefficient (Wildman–Crippen LogP) is 3.57. The van der Waals surface area contributed by atoms with Gasteiger partial charge in [0.25, 0.3) is 0 Å². The van der Waals surface area contributed by atoms with Crippen molar-refractivity contribution < 1.29 is 14.6 Å². The summed E-state index contributed by atoms with van der Waals surface area (Å²) in [6, 6.07) is 11.4. The summed E-state index contributed by atoms with van der Waals surface area (Å²) in [5, 5.41) is 11.5. The van der Waals surface area contributed by atoms with Gasteiger partial charge in [-0.2, -0.15) is 0 Å². The molecule has 0 fully saturated rings. The number of aromatic amines is 1. The van der Waals surface area contributed by atoms with Crippen LogP contribution < -0.4 is 9.47 Å². The number of likely N-dealkylation sites (N-methyl/N-ethyl adjacent to an activating group) is 1. The second-order valence-corrected chi connectivity index (χ2v) is 7.41. The first-order valence-electron chi connectivity index (χ1n) is 9.56. The van der Waals surface area contributed by atoms with Gasteiger partial charge in [-0.05, 0) is 54.9 Å². The summed E-state index contributed by atoms with van der Waals surface area (Å²) in [6.07, 6.45) is 1.22. The SMILES string of the molecule is COc1ccc(OCC(O)CN(C)Cc2c(C(C)C)[nH]c3ncccc23)cc1. The molecule has 0 aliphatic carbocycles. The van der Waals surface area contributed by atoms with E-state index >= 15 is 0 Å². The highest BCUT2D eigenvalue weighted by atomic mass is 16.5. The number of fused-ring (bicyclic) bond motifs is 1. The minimum absolute atomic E-state index is 0.239. The summed E-state index contributed by atoms with van der Waals surface area (Å²) in [5.74, 6) is 1.87. The molecule has 6 nitrogen and oxygen atoms in total. The maximum atomic E-state index is 10.4. The summed E-state index contributed by atoms with van der Waals surface area (Å²) in [5.41, 5.74) is 3.35. The van der Waals surface area contributed by atoms with Crippen molar-refractivity contribution in [3.63, 3.8) is 0 Å². The van der Waals surface area contributed by atoms with Crippen molar-refractivity contribution in [1.82, 2.24) is 14.9 Å². The van der Waals surface area contributed by atoms with Crippen LogP contribution in [0.3, 0.4) is 0 Å². The summed E-state index contributed by atoms with van der Waals surface area (Å²) in [7, 11) is 3.64. The summed E-state index contributed by atoms with van der Waals surface area (Å²) in [4.78, 5) is 9.99. The molecular weight excluding hydrogens is 354 g/mol. The Bertz CT molecular complexity index is 890. The van der Waals surface area contributed by atoms with E-state index in [0.717, 1.165) is 23.3 Å². The lowest BCUT2D eigenvalue weighted by atomic mass is 10.0. The zero-order valence-electron chi connectivity index (χ0n) is 17.0. The number of aliphatic hydroxyl groups excluding tert-OH is 1. The lowest BCUT2D eigenvalue weighted by Crippen LogP contribution is -2.33. The Morgan fingerprint density at radius 3 is 2.54 bits per heavy atom. The normalized spacial score (nSPS) is 12.7. The number of benzene rings is 1. The average Bonchev–Trinajstić information content (AvgIpc) is 3.05. The van der Waals surface area contributed by atoms with E-state index in [1.807, 2.05) is 37.4 Å². The van der Waals surface area contributed by atoms with Crippen LogP contribution in [0.15, 0.2) is 42.6 Å². The van der Waals surface area contributed by atoms with E-state index in [2.05, 4.69) is 34.8 Å². The van der Waals surface area contributed by atoms with Gasteiger partial charge >= 0.3 is 0 Å². The largest absolute Gasteiger partial charge is 0.497 e. The first-order valence-corrected chi connectivity index (χ1v) is 9.56. The van der Waals surface area contributed by atoms with E-state index in [0.29, 0.717) is 18.2 Å². The Morgan fingerprint density at radius 2 is 1.86 bits per heavy atom. The molecule has 3 aromatic rings. The van der Waals surface area contributed by atoms with Gasteiger partial charge in [-0.25, -0.2) is 4.98 Å². The minimum Gasteiger partial charge on any atom is -0.497 e. The molecule has 2 aromatic heterocycles. The number of ether oxygens (including phenoxy) is 2. The van der Waals surface area contributed by atoms with Gasteiger partial charge in [-0.3, -0.25) is 4.90 Å². The second-order valence-electron chi connectivity index (χ2n) is 7.41. The highest BCUT2D eigenvalue weighted by molar-refractivity contribution is 5.81. The average molecular weight is 383 g/mol. The number of methoxy groups -OCH3 is 1. The zero-order valence-corrected chi connectivity index (χ0v) is 17.0. The van der Waals surface area contributed by atoms with Gasteiger partial charge in [0, 0.05) is 30.4 Å². The van der Waals surface area contributed by atoms with Crippen LogP contribution in [0.2, 0.25) is 0 Å². The van der Waals surface area contributed by atoms with E-state index < -0.39 is 6.10 Å². The monoisotopic (exact) mass is 383 g/mol. The molecule has 6 heteroatoms. The molecule has 0 radical (unpaired) electrons. The summed E-state index contributed by atoms with van der Waals surface area (Å²) >= 11 is 0. The maximum absolute atomic E-state index is 10.4. The minimum atomic E-state index is -0.585. The predicted molar refractivity (Wildman–Crippen MR) is 111 cm³/mol. The molecule has 2 heterocycles. The molecule has 1 atom stereocenters. The maximum Gasteiger partial charge on any atom is 0.137 e. The lowest BCUT2D eigenvalue weighted by Gasteiger charge is -2.22. The summed E-state index contributed by atoms with van der Waals surface area (Å²) < 4.78 is 10.8. The molecule has 0 bridgehead atoms. The van der Waals surface area contributed by atoms with Crippen molar-refractivity contribution in [1.29, 1.82) is 0 Å². The molecule has 0 aliphatic heterocycles. The van der Waals surface area contributed by atoms with E-state index in [1.54, 1.807) is 13.3 Å². The number of rotatable bonds is 9. The molecule has 28 heavy (non-hydrogen) atoms. The quantitative estimate of drug-likeness (QED) is 0.591. The van der Waals surface area contributed by atoms with Crippen LogP contribution in [0.5, 0.6) is 11.5 Å². The smallest absolute Gasteiger partial charge is 0.137 e. The molecular formula is C22H29N3O3. The van der Waals surface area contributed by atoms with Crippen molar-refractivity contribution in [2.45, 2.75) is 32.4 Å². The van der Waals surface area contributed by atoms with Crippen LogP contribution in [-0.4, -0.2) is 53.4 Å². The molecule has 1 aromatic carbocycles. The van der Waals surface area contributed by atoms with Crippen LogP contribution in [0.25, 0.3) is 11.0 Å². The number of H-pyrrole nitrogens is 1. The topological polar surface area (TPSA) is 70.6 Å². The van der Waals surface area contributed by atoms with Gasteiger partial charge < -0.3 is 19.6 Å². The Hall–Kier alpha value is -2.57. The number of nitrogens with one attached hydrogen (secondary N) is 1. The molecule has 0 aliphatic rings.